The summed E-state index contributed by atoms with van der Waals surface area (Å²) < 4.78 is 5.68. The van der Waals surface area contributed by atoms with Gasteiger partial charge in [-0.3, -0.25) is 0 Å². The lowest BCUT2D eigenvalue weighted by molar-refractivity contribution is 0.0556. The third-order valence-electron chi connectivity index (χ3n) is 2.18. The molecule has 0 saturated carbocycles. The molecule has 0 radical (unpaired) electrons. The SMILES string of the molecule is CCCC(OCC)c1ccc(S)cc1. The molecule has 0 aromatic heterocycles. The Morgan fingerprint density at radius 1 is 1.21 bits per heavy atom. The predicted molar refractivity (Wildman–Crippen MR) is 63.0 cm³/mol. The highest BCUT2D eigenvalue weighted by Gasteiger charge is 2.09. The lowest BCUT2D eigenvalue weighted by Crippen LogP contribution is -2.03. The Morgan fingerprint density at radius 2 is 1.86 bits per heavy atom. The van der Waals surface area contributed by atoms with Crippen LogP contribution in [-0.2, 0) is 4.74 Å². The molecule has 0 aliphatic rings. The summed E-state index contributed by atoms with van der Waals surface area (Å²) in [5.41, 5.74) is 1.26. The minimum atomic E-state index is 0.249. The molecule has 1 unspecified atom stereocenters. The molecule has 14 heavy (non-hydrogen) atoms. The van der Waals surface area contributed by atoms with Crippen LogP contribution < -0.4 is 0 Å². The van der Waals surface area contributed by atoms with Gasteiger partial charge in [0.25, 0.3) is 0 Å². The zero-order chi connectivity index (χ0) is 10.4. The van der Waals surface area contributed by atoms with Gasteiger partial charge >= 0.3 is 0 Å². The van der Waals surface area contributed by atoms with Crippen LogP contribution >= 0.6 is 12.6 Å². The van der Waals surface area contributed by atoms with Crippen molar-refractivity contribution in [3.63, 3.8) is 0 Å². The van der Waals surface area contributed by atoms with E-state index < -0.39 is 0 Å². The minimum absolute atomic E-state index is 0.249. The summed E-state index contributed by atoms with van der Waals surface area (Å²) in [6.45, 7) is 4.99. The van der Waals surface area contributed by atoms with Gasteiger partial charge in [0.15, 0.2) is 0 Å². The van der Waals surface area contributed by atoms with Crippen molar-refractivity contribution >= 4 is 12.6 Å². The lowest BCUT2D eigenvalue weighted by atomic mass is 10.1. The molecule has 0 heterocycles. The molecule has 0 fully saturated rings. The normalized spacial score (nSPS) is 12.8. The van der Waals surface area contributed by atoms with Crippen LogP contribution in [-0.4, -0.2) is 6.61 Å². The Balaban J connectivity index is 2.71. The molecule has 0 saturated heterocycles. The molecule has 2 heteroatoms. The molecule has 0 bridgehead atoms. The fraction of sp³-hybridized carbons (Fsp3) is 0.500. The number of benzene rings is 1. The van der Waals surface area contributed by atoms with Crippen LogP contribution in [0.1, 0.15) is 38.4 Å². The number of rotatable bonds is 5. The summed E-state index contributed by atoms with van der Waals surface area (Å²) in [5.74, 6) is 0. The van der Waals surface area contributed by atoms with Gasteiger partial charge in [-0.25, -0.2) is 0 Å². The molecule has 1 nitrogen and oxygen atoms in total. The van der Waals surface area contributed by atoms with Crippen LogP contribution in [0.4, 0.5) is 0 Å². The summed E-state index contributed by atoms with van der Waals surface area (Å²) in [7, 11) is 0. The molecule has 0 aliphatic carbocycles. The second-order valence-corrected chi connectivity index (χ2v) is 3.84. The quantitative estimate of drug-likeness (QED) is 0.726. The van der Waals surface area contributed by atoms with Gasteiger partial charge in [-0.05, 0) is 31.0 Å². The molecule has 0 aliphatic heterocycles. The van der Waals surface area contributed by atoms with Gasteiger partial charge in [0.2, 0.25) is 0 Å². The number of thiol groups is 1. The average Bonchev–Trinajstić information content (AvgIpc) is 2.19. The first-order valence-corrected chi connectivity index (χ1v) is 5.63. The van der Waals surface area contributed by atoms with E-state index in [0.717, 1.165) is 24.3 Å². The largest absolute Gasteiger partial charge is 0.374 e. The van der Waals surface area contributed by atoms with Crippen molar-refractivity contribution < 1.29 is 4.74 Å². The summed E-state index contributed by atoms with van der Waals surface area (Å²) in [6, 6.07) is 8.22. The zero-order valence-electron chi connectivity index (χ0n) is 8.86. The molecular weight excluding hydrogens is 192 g/mol. The van der Waals surface area contributed by atoms with E-state index in [2.05, 4.69) is 31.7 Å². The second kappa shape index (κ2) is 6.10. The van der Waals surface area contributed by atoms with Crippen molar-refractivity contribution in [3.05, 3.63) is 29.8 Å². The predicted octanol–water partition coefficient (Wildman–Crippen LogP) is 3.85. The van der Waals surface area contributed by atoms with Crippen molar-refractivity contribution in [1.29, 1.82) is 0 Å². The van der Waals surface area contributed by atoms with E-state index in [0.29, 0.717) is 0 Å². The van der Waals surface area contributed by atoms with E-state index in [1.54, 1.807) is 0 Å². The molecule has 1 atom stereocenters. The van der Waals surface area contributed by atoms with Crippen LogP contribution in [0.2, 0.25) is 0 Å². The van der Waals surface area contributed by atoms with E-state index in [1.165, 1.54) is 5.56 Å². The fourth-order valence-electron chi connectivity index (χ4n) is 1.50. The van der Waals surface area contributed by atoms with Crippen molar-refractivity contribution in [3.8, 4) is 0 Å². The number of hydrogen-bond donors (Lipinski definition) is 1. The van der Waals surface area contributed by atoms with Crippen molar-refractivity contribution in [2.24, 2.45) is 0 Å². The molecule has 0 amide bonds. The molecular formula is C12H18OS. The van der Waals surface area contributed by atoms with E-state index in [-0.39, 0.29) is 6.10 Å². The summed E-state index contributed by atoms with van der Waals surface area (Å²) >= 11 is 4.26. The zero-order valence-corrected chi connectivity index (χ0v) is 9.76. The van der Waals surface area contributed by atoms with Crippen LogP contribution in [0.15, 0.2) is 29.2 Å². The van der Waals surface area contributed by atoms with Gasteiger partial charge in [0.1, 0.15) is 0 Å². The molecule has 1 aromatic carbocycles. The van der Waals surface area contributed by atoms with Crippen molar-refractivity contribution in [2.75, 3.05) is 6.61 Å². The monoisotopic (exact) mass is 210 g/mol. The number of ether oxygens (including phenoxy) is 1. The Bertz CT molecular complexity index is 250. The van der Waals surface area contributed by atoms with E-state index in [4.69, 9.17) is 4.74 Å². The van der Waals surface area contributed by atoms with Crippen LogP contribution in [0, 0.1) is 0 Å². The van der Waals surface area contributed by atoms with Gasteiger partial charge in [0, 0.05) is 11.5 Å². The maximum absolute atomic E-state index is 5.68. The van der Waals surface area contributed by atoms with E-state index in [9.17, 15) is 0 Å². The maximum atomic E-state index is 5.68. The Morgan fingerprint density at radius 3 is 2.36 bits per heavy atom. The molecule has 0 N–H and O–H groups in total. The highest BCUT2D eigenvalue weighted by Crippen LogP contribution is 2.23. The third kappa shape index (κ3) is 3.35. The van der Waals surface area contributed by atoms with Gasteiger partial charge in [-0.2, -0.15) is 0 Å². The molecule has 1 rings (SSSR count). The maximum Gasteiger partial charge on any atom is 0.0824 e. The highest BCUT2D eigenvalue weighted by molar-refractivity contribution is 7.80. The third-order valence-corrected chi connectivity index (χ3v) is 2.48. The van der Waals surface area contributed by atoms with Gasteiger partial charge in [-0.15, -0.1) is 12.6 Å². The first-order valence-electron chi connectivity index (χ1n) is 5.18. The Labute approximate surface area is 91.9 Å². The summed E-state index contributed by atoms with van der Waals surface area (Å²) in [6.07, 6.45) is 2.48. The topological polar surface area (TPSA) is 9.23 Å². The summed E-state index contributed by atoms with van der Waals surface area (Å²) in [4.78, 5) is 1.00. The van der Waals surface area contributed by atoms with Crippen molar-refractivity contribution in [1.82, 2.24) is 0 Å². The standard InChI is InChI=1S/C12H18OS/c1-3-5-12(13-4-2)10-6-8-11(14)9-7-10/h6-9,12,14H,3-5H2,1-2H3. The van der Waals surface area contributed by atoms with E-state index in [1.807, 2.05) is 19.1 Å². The van der Waals surface area contributed by atoms with E-state index >= 15 is 0 Å². The highest BCUT2D eigenvalue weighted by atomic mass is 32.1. The Hall–Kier alpha value is -0.470. The van der Waals surface area contributed by atoms with Gasteiger partial charge in [-0.1, -0.05) is 25.5 Å². The van der Waals surface area contributed by atoms with Gasteiger partial charge in [0.05, 0.1) is 6.10 Å². The van der Waals surface area contributed by atoms with Crippen molar-refractivity contribution in [2.45, 2.75) is 37.7 Å². The van der Waals surface area contributed by atoms with Crippen LogP contribution in [0.5, 0.6) is 0 Å². The average molecular weight is 210 g/mol. The molecule has 0 spiro atoms. The summed E-state index contributed by atoms with van der Waals surface area (Å²) in [5, 5.41) is 0. The molecule has 1 aromatic rings. The first kappa shape index (κ1) is 11.6. The smallest absolute Gasteiger partial charge is 0.0824 e. The molecule has 78 valence electrons. The lowest BCUT2D eigenvalue weighted by Gasteiger charge is -2.16. The van der Waals surface area contributed by atoms with Crippen LogP contribution in [0.3, 0.4) is 0 Å². The van der Waals surface area contributed by atoms with Gasteiger partial charge < -0.3 is 4.74 Å². The second-order valence-electron chi connectivity index (χ2n) is 3.32. The van der Waals surface area contributed by atoms with Crippen LogP contribution in [0.25, 0.3) is 0 Å². The first-order chi connectivity index (χ1) is 6.77. The minimum Gasteiger partial charge on any atom is -0.374 e. The number of hydrogen-bond acceptors (Lipinski definition) is 2. The Kier molecular flexibility index (Phi) is 5.05. The fourth-order valence-corrected chi connectivity index (χ4v) is 1.65.